The van der Waals surface area contributed by atoms with Crippen LogP contribution in [-0.2, 0) is 0 Å². The van der Waals surface area contributed by atoms with Crippen LogP contribution in [0.5, 0.6) is 0 Å². The molecule has 0 aliphatic heterocycles. The van der Waals surface area contributed by atoms with Crippen molar-refractivity contribution < 1.29 is 4.79 Å². The lowest BCUT2D eigenvalue weighted by Crippen LogP contribution is -2.23. The molecule has 2 unspecified atom stereocenters. The summed E-state index contributed by atoms with van der Waals surface area (Å²) in [5.41, 5.74) is 5.40. The number of carbonyl (C=O) groups excluding carboxylic acids is 1. The van der Waals surface area contributed by atoms with Gasteiger partial charge < -0.3 is 0 Å². The molecule has 3 heteroatoms. The molecule has 166 valence electrons. The summed E-state index contributed by atoms with van der Waals surface area (Å²) in [4.78, 5) is 13.4. The van der Waals surface area contributed by atoms with E-state index in [9.17, 15) is 4.79 Å². The number of hydrogen-bond acceptors (Lipinski definition) is 2. The molecule has 0 amide bonds. The van der Waals surface area contributed by atoms with Crippen LogP contribution in [0.3, 0.4) is 0 Å². The Balaban J connectivity index is 1.65. The third kappa shape index (κ3) is 4.04. The predicted molar refractivity (Wildman–Crippen MR) is 136 cm³/mol. The molecule has 1 aromatic heterocycles. The summed E-state index contributed by atoms with van der Waals surface area (Å²) in [6, 6.07) is 24.8. The summed E-state index contributed by atoms with van der Waals surface area (Å²) >= 11 is 0. The van der Waals surface area contributed by atoms with E-state index in [1.54, 1.807) is 10.8 Å². The van der Waals surface area contributed by atoms with E-state index < -0.39 is 0 Å². The summed E-state index contributed by atoms with van der Waals surface area (Å²) in [6.07, 6.45) is 5.74. The molecule has 2 atom stereocenters. The molecule has 3 aromatic carbocycles. The zero-order chi connectivity index (χ0) is 22.9. The number of fused-ring (bicyclic) bond motifs is 2. The van der Waals surface area contributed by atoms with E-state index in [0.29, 0.717) is 17.8 Å². The van der Waals surface area contributed by atoms with Crippen LogP contribution in [-0.4, -0.2) is 15.7 Å². The SMILES string of the molecule is CC1CCC(C(C)C)c2c1c(-c1ccc3ccccc3c1)nn2C(=O)/C=C/c1ccccc1. The molecule has 0 N–H and O–H groups in total. The molecule has 1 aliphatic rings. The zero-order valence-electron chi connectivity index (χ0n) is 19.5. The van der Waals surface area contributed by atoms with Gasteiger partial charge in [-0.3, -0.25) is 4.79 Å². The lowest BCUT2D eigenvalue weighted by atomic mass is 9.75. The third-order valence-electron chi connectivity index (χ3n) is 6.97. The molecule has 4 aromatic rings. The van der Waals surface area contributed by atoms with Crippen molar-refractivity contribution in [2.45, 2.75) is 45.4 Å². The molecule has 1 aliphatic carbocycles. The van der Waals surface area contributed by atoms with E-state index in [0.717, 1.165) is 35.4 Å². The molecule has 1 heterocycles. The summed E-state index contributed by atoms with van der Waals surface area (Å²) in [5.74, 6) is 1.06. The summed E-state index contributed by atoms with van der Waals surface area (Å²) in [5, 5.41) is 7.38. The lowest BCUT2D eigenvalue weighted by molar-refractivity contribution is 0.0947. The number of rotatable bonds is 4. The first-order valence-corrected chi connectivity index (χ1v) is 11.9. The normalized spacial score (nSPS) is 18.2. The Morgan fingerprint density at radius 1 is 0.970 bits per heavy atom. The quantitative estimate of drug-likeness (QED) is 0.309. The van der Waals surface area contributed by atoms with E-state index in [4.69, 9.17) is 5.10 Å². The Bertz CT molecular complexity index is 1330. The van der Waals surface area contributed by atoms with Gasteiger partial charge in [0.05, 0.1) is 11.4 Å². The smallest absolute Gasteiger partial charge is 0.267 e. The van der Waals surface area contributed by atoms with Gasteiger partial charge >= 0.3 is 0 Å². The first-order chi connectivity index (χ1) is 16.0. The van der Waals surface area contributed by atoms with Crippen LogP contribution in [0.2, 0.25) is 0 Å². The minimum absolute atomic E-state index is 0.0816. The van der Waals surface area contributed by atoms with E-state index in [2.05, 4.69) is 63.2 Å². The second-order valence-electron chi connectivity index (χ2n) is 9.53. The van der Waals surface area contributed by atoms with E-state index in [1.807, 2.05) is 36.4 Å². The maximum Gasteiger partial charge on any atom is 0.271 e. The van der Waals surface area contributed by atoms with Crippen LogP contribution < -0.4 is 0 Å². The Labute approximate surface area is 195 Å². The maximum absolute atomic E-state index is 13.4. The van der Waals surface area contributed by atoms with Gasteiger partial charge in [0.15, 0.2) is 0 Å². The highest BCUT2D eigenvalue weighted by molar-refractivity contribution is 5.95. The standard InChI is InChI=1S/C30H30N2O/c1-20(2)26-17-13-21(3)28-29(25-16-15-23-11-7-8-12-24(23)19-25)31-32(30(26)28)27(33)18-14-22-9-5-4-6-10-22/h4-12,14-16,18-21,26H,13,17H2,1-3H3/b18-14+. The molecule has 0 bridgehead atoms. The van der Waals surface area contributed by atoms with Gasteiger partial charge in [-0.1, -0.05) is 87.5 Å². The largest absolute Gasteiger partial charge is 0.271 e. The number of hydrogen-bond donors (Lipinski definition) is 0. The number of benzene rings is 3. The first-order valence-electron chi connectivity index (χ1n) is 11.9. The van der Waals surface area contributed by atoms with Gasteiger partial charge in [-0.2, -0.15) is 5.10 Å². The monoisotopic (exact) mass is 434 g/mol. The molecule has 0 radical (unpaired) electrons. The zero-order valence-corrected chi connectivity index (χ0v) is 19.5. The average Bonchev–Trinajstić information content (AvgIpc) is 3.24. The van der Waals surface area contributed by atoms with Crippen molar-refractivity contribution in [3.8, 4) is 11.3 Å². The van der Waals surface area contributed by atoms with Crippen LogP contribution in [0.15, 0.2) is 78.9 Å². The van der Waals surface area contributed by atoms with Crippen molar-refractivity contribution in [2.24, 2.45) is 5.92 Å². The molecular weight excluding hydrogens is 404 g/mol. The van der Waals surface area contributed by atoms with E-state index >= 15 is 0 Å². The maximum atomic E-state index is 13.4. The van der Waals surface area contributed by atoms with Gasteiger partial charge in [-0.15, -0.1) is 0 Å². The topological polar surface area (TPSA) is 34.9 Å². The minimum Gasteiger partial charge on any atom is -0.267 e. The van der Waals surface area contributed by atoms with Crippen molar-refractivity contribution >= 4 is 22.8 Å². The summed E-state index contributed by atoms with van der Waals surface area (Å²) in [6.45, 7) is 6.78. The molecule has 3 nitrogen and oxygen atoms in total. The van der Waals surface area contributed by atoms with Crippen molar-refractivity contribution in [1.29, 1.82) is 0 Å². The van der Waals surface area contributed by atoms with Gasteiger partial charge in [0.1, 0.15) is 0 Å². The van der Waals surface area contributed by atoms with Crippen molar-refractivity contribution in [1.82, 2.24) is 9.78 Å². The molecule has 0 saturated heterocycles. The highest BCUT2D eigenvalue weighted by atomic mass is 16.2. The van der Waals surface area contributed by atoms with Gasteiger partial charge in [-0.25, -0.2) is 4.68 Å². The summed E-state index contributed by atoms with van der Waals surface area (Å²) < 4.78 is 1.69. The molecule has 0 saturated carbocycles. The fourth-order valence-electron chi connectivity index (χ4n) is 5.17. The van der Waals surface area contributed by atoms with Gasteiger partial charge in [0.2, 0.25) is 0 Å². The fourth-order valence-corrected chi connectivity index (χ4v) is 5.17. The number of allylic oxidation sites excluding steroid dienone is 1. The van der Waals surface area contributed by atoms with E-state index in [-0.39, 0.29) is 5.91 Å². The number of nitrogens with zero attached hydrogens (tertiary/aromatic N) is 2. The average molecular weight is 435 g/mol. The highest BCUT2D eigenvalue weighted by Crippen LogP contribution is 2.46. The minimum atomic E-state index is -0.0816. The number of carbonyl (C=O) groups is 1. The Hall–Kier alpha value is -3.46. The van der Waals surface area contributed by atoms with Gasteiger partial charge in [0, 0.05) is 23.1 Å². The lowest BCUT2D eigenvalue weighted by Gasteiger charge is -2.30. The van der Waals surface area contributed by atoms with Gasteiger partial charge in [-0.05, 0) is 53.2 Å². The molecule has 5 rings (SSSR count). The molecular formula is C30H30N2O. The fraction of sp³-hybridized carbons (Fsp3) is 0.267. The third-order valence-corrected chi connectivity index (χ3v) is 6.97. The van der Waals surface area contributed by atoms with Crippen LogP contribution in [0, 0.1) is 5.92 Å². The van der Waals surface area contributed by atoms with Crippen LogP contribution in [0.4, 0.5) is 0 Å². The van der Waals surface area contributed by atoms with Crippen LogP contribution >= 0.6 is 0 Å². The number of aromatic nitrogens is 2. The Kier molecular flexibility index (Phi) is 5.72. The first kappa shape index (κ1) is 21.4. The van der Waals surface area contributed by atoms with Crippen molar-refractivity contribution in [3.63, 3.8) is 0 Å². The molecule has 0 fully saturated rings. The second kappa shape index (κ2) is 8.82. The molecule has 0 spiro atoms. The van der Waals surface area contributed by atoms with Gasteiger partial charge in [0.25, 0.3) is 5.91 Å². The summed E-state index contributed by atoms with van der Waals surface area (Å²) in [7, 11) is 0. The van der Waals surface area contributed by atoms with E-state index in [1.165, 1.54) is 16.3 Å². The predicted octanol–water partition coefficient (Wildman–Crippen LogP) is 7.69. The second-order valence-corrected chi connectivity index (χ2v) is 9.53. The van der Waals surface area contributed by atoms with Crippen LogP contribution in [0.25, 0.3) is 28.1 Å². The van der Waals surface area contributed by atoms with Crippen molar-refractivity contribution in [3.05, 3.63) is 95.7 Å². The van der Waals surface area contributed by atoms with Crippen molar-refractivity contribution in [2.75, 3.05) is 0 Å². The Morgan fingerprint density at radius 3 is 2.45 bits per heavy atom. The molecule has 33 heavy (non-hydrogen) atoms. The van der Waals surface area contributed by atoms with Crippen LogP contribution in [0.1, 0.15) is 67.1 Å². The highest BCUT2D eigenvalue weighted by Gasteiger charge is 2.35. The Morgan fingerprint density at radius 2 is 1.70 bits per heavy atom.